The van der Waals surface area contributed by atoms with Crippen molar-refractivity contribution in [3.05, 3.63) is 30.1 Å². The van der Waals surface area contributed by atoms with E-state index in [9.17, 15) is 9.59 Å². The lowest BCUT2D eigenvalue weighted by molar-refractivity contribution is -0.124. The minimum atomic E-state index is -0.188. The van der Waals surface area contributed by atoms with Crippen molar-refractivity contribution in [3.8, 4) is 0 Å². The van der Waals surface area contributed by atoms with Crippen molar-refractivity contribution in [3.63, 3.8) is 0 Å². The second-order valence-corrected chi connectivity index (χ2v) is 7.61. The van der Waals surface area contributed by atoms with E-state index in [4.69, 9.17) is 0 Å². The van der Waals surface area contributed by atoms with Gasteiger partial charge in [0.05, 0.1) is 11.6 Å². The Kier molecular flexibility index (Phi) is 6.12. The molecule has 6 nitrogen and oxygen atoms in total. The second kappa shape index (κ2) is 8.52. The Labute approximate surface area is 155 Å². The standard InChI is InChI=1S/C20H30N4O2/c1-3-19(25)21-12-18(14-8-5-4-6-9-14)22-20(26)15-10-7-11-17-16(15)13-24(2)23-17/h3,13-15,18H,1,4-12H2,2H3,(H,21,25)(H,22,26). The van der Waals surface area contributed by atoms with E-state index in [-0.39, 0.29) is 23.8 Å². The summed E-state index contributed by atoms with van der Waals surface area (Å²) in [4.78, 5) is 24.7. The first kappa shape index (κ1) is 18.7. The average molecular weight is 358 g/mol. The number of amides is 2. The lowest BCUT2D eigenvalue weighted by atomic mass is 9.82. The van der Waals surface area contributed by atoms with E-state index in [0.29, 0.717) is 12.5 Å². The van der Waals surface area contributed by atoms with Crippen LogP contribution in [0.5, 0.6) is 0 Å². The third kappa shape index (κ3) is 4.34. The largest absolute Gasteiger partial charge is 0.351 e. The maximum Gasteiger partial charge on any atom is 0.243 e. The highest BCUT2D eigenvalue weighted by molar-refractivity contribution is 5.87. The SMILES string of the molecule is C=CC(=O)NCC(NC(=O)C1CCCc2nn(C)cc21)C1CCCCC1. The normalized spacial score (nSPS) is 21.5. The van der Waals surface area contributed by atoms with E-state index < -0.39 is 0 Å². The Balaban J connectivity index is 1.70. The van der Waals surface area contributed by atoms with Crippen molar-refractivity contribution >= 4 is 11.8 Å². The van der Waals surface area contributed by atoms with Crippen LogP contribution in [0.3, 0.4) is 0 Å². The summed E-state index contributed by atoms with van der Waals surface area (Å²) < 4.78 is 1.80. The fourth-order valence-corrected chi connectivity index (χ4v) is 4.38. The molecule has 1 fully saturated rings. The summed E-state index contributed by atoms with van der Waals surface area (Å²) in [7, 11) is 1.91. The molecule has 2 amide bonds. The summed E-state index contributed by atoms with van der Waals surface area (Å²) in [5, 5.41) is 10.6. The zero-order valence-electron chi connectivity index (χ0n) is 15.7. The lowest BCUT2D eigenvalue weighted by Crippen LogP contribution is -2.49. The number of hydrogen-bond acceptors (Lipinski definition) is 3. The first-order valence-electron chi connectivity index (χ1n) is 9.81. The van der Waals surface area contributed by atoms with Gasteiger partial charge in [-0.3, -0.25) is 14.3 Å². The number of hydrogen-bond donors (Lipinski definition) is 2. The zero-order valence-corrected chi connectivity index (χ0v) is 15.7. The maximum absolute atomic E-state index is 13.1. The van der Waals surface area contributed by atoms with Gasteiger partial charge in [0.1, 0.15) is 0 Å². The van der Waals surface area contributed by atoms with Crippen molar-refractivity contribution in [1.29, 1.82) is 0 Å². The molecule has 0 saturated heterocycles. The van der Waals surface area contributed by atoms with Crippen molar-refractivity contribution < 1.29 is 9.59 Å². The van der Waals surface area contributed by atoms with Crippen LogP contribution in [-0.4, -0.2) is 34.2 Å². The van der Waals surface area contributed by atoms with E-state index >= 15 is 0 Å². The zero-order chi connectivity index (χ0) is 18.5. The fourth-order valence-electron chi connectivity index (χ4n) is 4.38. The van der Waals surface area contributed by atoms with Crippen molar-refractivity contribution in [2.75, 3.05) is 6.54 Å². The van der Waals surface area contributed by atoms with Gasteiger partial charge in [-0.05, 0) is 44.1 Å². The minimum Gasteiger partial charge on any atom is -0.351 e. The van der Waals surface area contributed by atoms with E-state index in [1.807, 2.05) is 13.2 Å². The second-order valence-electron chi connectivity index (χ2n) is 7.61. The van der Waals surface area contributed by atoms with E-state index in [2.05, 4.69) is 22.3 Å². The van der Waals surface area contributed by atoms with Crippen LogP contribution in [0.4, 0.5) is 0 Å². The molecule has 0 spiro atoms. The predicted octanol–water partition coefficient (Wildman–Crippen LogP) is 2.21. The van der Waals surface area contributed by atoms with Crippen LogP contribution in [0, 0.1) is 5.92 Å². The summed E-state index contributed by atoms with van der Waals surface area (Å²) in [5.74, 6) is 0.179. The third-order valence-electron chi connectivity index (χ3n) is 5.76. The van der Waals surface area contributed by atoms with Crippen molar-refractivity contribution in [2.24, 2.45) is 13.0 Å². The molecular formula is C20H30N4O2. The molecule has 3 rings (SSSR count). The monoisotopic (exact) mass is 358 g/mol. The number of aryl methyl sites for hydroxylation is 2. The number of rotatable bonds is 6. The number of nitrogens with zero attached hydrogens (tertiary/aromatic N) is 2. The Morgan fingerprint density at radius 2 is 2.08 bits per heavy atom. The molecule has 1 saturated carbocycles. The highest BCUT2D eigenvalue weighted by Gasteiger charge is 2.32. The van der Waals surface area contributed by atoms with Gasteiger partial charge in [-0.1, -0.05) is 25.8 Å². The molecule has 2 N–H and O–H groups in total. The third-order valence-corrected chi connectivity index (χ3v) is 5.76. The molecule has 2 aliphatic carbocycles. The molecule has 1 aromatic heterocycles. The molecule has 0 bridgehead atoms. The topological polar surface area (TPSA) is 76.0 Å². The number of carbonyl (C=O) groups excluding carboxylic acids is 2. The Hall–Kier alpha value is -2.11. The van der Waals surface area contributed by atoms with Gasteiger partial charge < -0.3 is 10.6 Å². The van der Waals surface area contributed by atoms with Gasteiger partial charge in [-0.2, -0.15) is 5.10 Å². The summed E-state index contributed by atoms with van der Waals surface area (Å²) in [5.41, 5.74) is 2.11. The molecular weight excluding hydrogens is 328 g/mol. The molecule has 0 aliphatic heterocycles. The van der Waals surface area contributed by atoms with Crippen LogP contribution in [-0.2, 0) is 23.1 Å². The molecule has 1 heterocycles. The maximum atomic E-state index is 13.1. The van der Waals surface area contributed by atoms with Gasteiger partial charge >= 0.3 is 0 Å². The molecule has 2 unspecified atom stereocenters. The van der Waals surface area contributed by atoms with Crippen LogP contribution < -0.4 is 10.6 Å². The van der Waals surface area contributed by atoms with E-state index in [0.717, 1.165) is 43.4 Å². The van der Waals surface area contributed by atoms with Gasteiger partial charge in [-0.15, -0.1) is 0 Å². The van der Waals surface area contributed by atoms with Crippen LogP contribution in [0.15, 0.2) is 18.9 Å². The number of nitrogens with one attached hydrogen (secondary N) is 2. The minimum absolute atomic E-state index is 0.0197. The molecule has 2 aliphatic rings. The summed E-state index contributed by atoms with van der Waals surface area (Å²) >= 11 is 0. The number of fused-ring (bicyclic) bond motifs is 1. The Morgan fingerprint density at radius 3 is 2.81 bits per heavy atom. The van der Waals surface area contributed by atoms with Crippen LogP contribution in [0.1, 0.15) is 62.1 Å². The summed E-state index contributed by atoms with van der Waals surface area (Å²) in [6.07, 6.45) is 11.9. The van der Waals surface area contributed by atoms with Crippen molar-refractivity contribution in [1.82, 2.24) is 20.4 Å². The first-order chi connectivity index (χ1) is 12.6. The van der Waals surface area contributed by atoms with E-state index in [1.54, 1.807) is 4.68 Å². The number of aromatic nitrogens is 2. The van der Waals surface area contributed by atoms with Crippen LogP contribution in [0.2, 0.25) is 0 Å². The summed E-state index contributed by atoms with van der Waals surface area (Å²) in [6.45, 7) is 3.97. The van der Waals surface area contributed by atoms with E-state index in [1.165, 1.54) is 25.3 Å². The lowest BCUT2D eigenvalue weighted by Gasteiger charge is -2.32. The predicted molar refractivity (Wildman–Crippen MR) is 101 cm³/mol. The average Bonchev–Trinajstić information content (AvgIpc) is 3.05. The van der Waals surface area contributed by atoms with Crippen LogP contribution in [0.25, 0.3) is 0 Å². The smallest absolute Gasteiger partial charge is 0.243 e. The van der Waals surface area contributed by atoms with Gasteiger partial charge in [0.25, 0.3) is 0 Å². The summed E-state index contributed by atoms with van der Waals surface area (Å²) in [6, 6.07) is -0.0197. The highest BCUT2D eigenvalue weighted by Crippen LogP contribution is 2.32. The molecule has 0 radical (unpaired) electrons. The van der Waals surface area contributed by atoms with Crippen LogP contribution >= 0.6 is 0 Å². The molecule has 1 aromatic rings. The molecule has 0 aromatic carbocycles. The Bertz CT molecular complexity index is 661. The molecule has 6 heteroatoms. The molecule has 142 valence electrons. The van der Waals surface area contributed by atoms with Gasteiger partial charge in [-0.25, -0.2) is 0 Å². The molecule has 26 heavy (non-hydrogen) atoms. The van der Waals surface area contributed by atoms with Crippen molar-refractivity contribution in [2.45, 2.75) is 63.3 Å². The highest BCUT2D eigenvalue weighted by atomic mass is 16.2. The molecule has 2 atom stereocenters. The first-order valence-corrected chi connectivity index (χ1v) is 9.81. The van der Waals surface area contributed by atoms with Gasteiger partial charge in [0.2, 0.25) is 11.8 Å². The number of carbonyl (C=O) groups is 2. The van der Waals surface area contributed by atoms with Gasteiger partial charge in [0, 0.05) is 31.4 Å². The quantitative estimate of drug-likeness (QED) is 0.766. The van der Waals surface area contributed by atoms with Gasteiger partial charge in [0.15, 0.2) is 0 Å². The fraction of sp³-hybridized carbons (Fsp3) is 0.650. The Morgan fingerprint density at radius 1 is 1.31 bits per heavy atom.